The van der Waals surface area contributed by atoms with E-state index in [0.29, 0.717) is 42.3 Å². The van der Waals surface area contributed by atoms with E-state index in [9.17, 15) is 48.8 Å². The fourth-order valence-electron chi connectivity index (χ4n) is 6.48. The molecule has 3 aromatic carbocycles. The normalized spacial score (nSPS) is 17.2. The number of fused-ring (bicyclic) bond motifs is 3. The Kier molecular flexibility index (Phi) is 9.50. The number of anilines is 2. The van der Waals surface area contributed by atoms with Gasteiger partial charge in [0, 0.05) is 55.1 Å². The lowest BCUT2D eigenvalue weighted by Gasteiger charge is -2.40. The Labute approximate surface area is 285 Å². The van der Waals surface area contributed by atoms with Crippen molar-refractivity contribution in [3.8, 4) is 0 Å². The molecule has 0 amide bonds. The van der Waals surface area contributed by atoms with E-state index in [2.05, 4.69) is 4.99 Å². The van der Waals surface area contributed by atoms with Crippen LogP contribution in [0.2, 0.25) is 0 Å². The van der Waals surface area contributed by atoms with Gasteiger partial charge in [-0.3, -0.25) is 18.7 Å². The van der Waals surface area contributed by atoms with Gasteiger partial charge in [0.05, 0.1) is 16.4 Å². The quantitative estimate of drug-likeness (QED) is 0.220. The van der Waals surface area contributed by atoms with Gasteiger partial charge in [0.2, 0.25) is 0 Å². The molecule has 1 unspecified atom stereocenters. The molecular formula is C32H37N3O11S3. The van der Waals surface area contributed by atoms with Gasteiger partial charge in [0.25, 0.3) is 30.4 Å². The van der Waals surface area contributed by atoms with Gasteiger partial charge in [-0.1, -0.05) is 26.0 Å². The van der Waals surface area contributed by atoms with Gasteiger partial charge in [0.15, 0.2) is 0 Å². The minimum absolute atomic E-state index is 0.0356. The molecule has 49 heavy (non-hydrogen) atoms. The number of aryl methyl sites for hydroxylation is 1. The predicted molar refractivity (Wildman–Crippen MR) is 183 cm³/mol. The summed E-state index contributed by atoms with van der Waals surface area (Å²) in [6, 6.07) is 11.1. The van der Waals surface area contributed by atoms with Crippen LogP contribution >= 0.6 is 0 Å². The van der Waals surface area contributed by atoms with E-state index in [4.69, 9.17) is 0 Å². The molecule has 0 radical (unpaired) electrons. The van der Waals surface area contributed by atoms with Crippen LogP contribution < -0.4 is 9.80 Å². The Bertz CT molecular complexity index is 2210. The van der Waals surface area contributed by atoms with E-state index in [1.165, 1.54) is 6.07 Å². The van der Waals surface area contributed by atoms with Gasteiger partial charge >= 0.3 is 5.97 Å². The molecule has 4 N–H and O–H groups in total. The molecule has 0 aromatic heterocycles. The highest BCUT2D eigenvalue weighted by atomic mass is 32.2. The van der Waals surface area contributed by atoms with E-state index in [1.807, 2.05) is 68.1 Å². The average Bonchev–Trinajstić information content (AvgIpc) is 2.98. The summed E-state index contributed by atoms with van der Waals surface area (Å²) in [5.41, 5.74) is 5.17. The fourth-order valence-corrected chi connectivity index (χ4v) is 8.32. The van der Waals surface area contributed by atoms with Crippen LogP contribution in [-0.4, -0.2) is 88.1 Å². The van der Waals surface area contributed by atoms with Gasteiger partial charge in [-0.2, -0.15) is 25.3 Å². The zero-order valence-corrected chi connectivity index (χ0v) is 29.6. The molecule has 1 aliphatic heterocycles. The summed E-state index contributed by atoms with van der Waals surface area (Å²) in [5, 5.41) is 10.0. The van der Waals surface area contributed by atoms with E-state index in [0.717, 1.165) is 34.1 Å². The minimum atomic E-state index is -4.89. The van der Waals surface area contributed by atoms with Crippen LogP contribution in [0.5, 0.6) is 0 Å². The second-order valence-corrected chi connectivity index (χ2v) is 17.3. The highest BCUT2D eigenvalue weighted by Crippen LogP contribution is 2.46. The molecule has 0 fully saturated rings. The SMILES string of the molecule is CN(C)c1ccc2c(c1)C(C)(C)c1cc3c(cc1C2=NC(CCS(=O)(=O)O)C(=O)O)CCCN3Cc1ccc(S(=O)(=O)O)cc1S(=O)(=O)O. The molecule has 1 atom stereocenters. The Morgan fingerprint density at radius 3 is 2.18 bits per heavy atom. The molecule has 0 saturated heterocycles. The molecular weight excluding hydrogens is 699 g/mol. The van der Waals surface area contributed by atoms with Crippen molar-refractivity contribution >= 4 is 53.4 Å². The Balaban J connectivity index is 1.70. The highest BCUT2D eigenvalue weighted by Gasteiger charge is 2.39. The summed E-state index contributed by atoms with van der Waals surface area (Å²) in [5.74, 6) is -2.14. The Morgan fingerprint density at radius 1 is 0.918 bits per heavy atom. The summed E-state index contributed by atoms with van der Waals surface area (Å²) in [4.78, 5) is 19.4. The smallest absolute Gasteiger partial charge is 0.328 e. The molecule has 2 aliphatic rings. The van der Waals surface area contributed by atoms with Crippen molar-refractivity contribution in [2.75, 3.05) is 36.2 Å². The summed E-state index contributed by atoms with van der Waals surface area (Å²) in [6.07, 6.45) is 0.796. The van der Waals surface area contributed by atoms with Crippen LogP contribution in [0.1, 0.15) is 60.1 Å². The number of hydrogen-bond donors (Lipinski definition) is 4. The number of carboxylic acids is 1. The number of aliphatic carboxylic acids is 1. The van der Waals surface area contributed by atoms with E-state index < -0.39 is 69.7 Å². The standard InChI is InChI=1S/C32H37N3O11S3/c1-32(2)25-15-21(34(3)4)8-10-23(25)30(33-27(31(36)37)11-13-47(38,39)40)24-14-19-6-5-12-35(28(19)17-26(24)32)18-20-7-9-22(48(41,42)43)16-29(20)49(44,45)46/h7-10,14-17,27H,5-6,11-13,18H2,1-4H3,(H,36,37)(H,38,39,40)(H,41,42,43)(H,44,45,46). The van der Waals surface area contributed by atoms with Crippen LogP contribution in [0.4, 0.5) is 11.4 Å². The molecule has 14 nitrogen and oxygen atoms in total. The lowest BCUT2D eigenvalue weighted by Crippen LogP contribution is -2.35. The van der Waals surface area contributed by atoms with E-state index >= 15 is 0 Å². The van der Waals surface area contributed by atoms with Crippen molar-refractivity contribution in [2.45, 2.75) is 60.9 Å². The monoisotopic (exact) mass is 735 g/mol. The van der Waals surface area contributed by atoms with E-state index in [1.54, 1.807) is 0 Å². The first-order chi connectivity index (χ1) is 22.6. The average molecular weight is 736 g/mol. The number of carbonyl (C=O) groups is 1. The van der Waals surface area contributed by atoms with Crippen LogP contribution in [0.3, 0.4) is 0 Å². The van der Waals surface area contributed by atoms with Crippen molar-refractivity contribution in [1.82, 2.24) is 0 Å². The maximum atomic E-state index is 12.3. The van der Waals surface area contributed by atoms with Crippen LogP contribution in [-0.2, 0) is 53.5 Å². The van der Waals surface area contributed by atoms with Crippen LogP contribution in [0, 0.1) is 0 Å². The fraction of sp³-hybridized carbons (Fsp3) is 0.375. The van der Waals surface area contributed by atoms with Crippen molar-refractivity contribution in [3.63, 3.8) is 0 Å². The minimum Gasteiger partial charge on any atom is -0.480 e. The molecule has 264 valence electrons. The molecule has 17 heteroatoms. The molecule has 1 heterocycles. The van der Waals surface area contributed by atoms with Crippen molar-refractivity contribution in [2.24, 2.45) is 4.99 Å². The summed E-state index contributed by atoms with van der Waals surface area (Å²) < 4.78 is 99.9. The molecule has 3 aromatic rings. The third-order valence-corrected chi connectivity index (χ3v) is 11.5. The zero-order valence-electron chi connectivity index (χ0n) is 27.2. The van der Waals surface area contributed by atoms with Crippen molar-refractivity contribution in [1.29, 1.82) is 0 Å². The molecule has 5 rings (SSSR count). The summed E-state index contributed by atoms with van der Waals surface area (Å²) in [7, 11) is -10.3. The van der Waals surface area contributed by atoms with Gasteiger partial charge < -0.3 is 14.9 Å². The number of benzene rings is 3. The third kappa shape index (κ3) is 7.51. The topological polar surface area (TPSA) is 219 Å². The van der Waals surface area contributed by atoms with Gasteiger partial charge in [0.1, 0.15) is 10.9 Å². The second kappa shape index (κ2) is 12.8. The van der Waals surface area contributed by atoms with Gasteiger partial charge in [-0.15, -0.1) is 0 Å². The number of rotatable bonds is 10. The molecule has 0 bridgehead atoms. The number of carboxylic acid groups (broad SMARTS) is 1. The largest absolute Gasteiger partial charge is 0.480 e. The number of nitrogens with zero attached hydrogens (tertiary/aromatic N) is 3. The maximum Gasteiger partial charge on any atom is 0.328 e. The first-order valence-electron chi connectivity index (χ1n) is 15.2. The molecule has 0 spiro atoms. The lowest BCUT2D eigenvalue weighted by molar-refractivity contribution is -0.138. The second-order valence-electron chi connectivity index (χ2n) is 12.9. The van der Waals surface area contributed by atoms with Gasteiger partial charge in [-0.25, -0.2) is 4.79 Å². The highest BCUT2D eigenvalue weighted by molar-refractivity contribution is 7.86. The predicted octanol–water partition coefficient (Wildman–Crippen LogP) is 3.41. The lowest BCUT2D eigenvalue weighted by atomic mass is 9.67. The van der Waals surface area contributed by atoms with E-state index in [-0.39, 0.29) is 12.1 Å². The maximum absolute atomic E-state index is 12.3. The van der Waals surface area contributed by atoms with Crippen LogP contribution in [0.15, 0.2) is 63.3 Å². The first kappa shape index (κ1) is 36.4. The van der Waals surface area contributed by atoms with Gasteiger partial charge in [-0.05, 0) is 77.9 Å². The zero-order chi connectivity index (χ0) is 36.3. The Hall–Kier alpha value is -3.87. The summed E-state index contributed by atoms with van der Waals surface area (Å²) in [6.45, 7) is 4.47. The third-order valence-electron chi connectivity index (χ3n) is 9.00. The summed E-state index contributed by atoms with van der Waals surface area (Å²) >= 11 is 0. The first-order valence-corrected chi connectivity index (χ1v) is 19.7. The molecule has 1 aliphatic carbocycles. The number of hydrogen-bond acceptors (Lipinski definition) is 10. The Morgan fingerprint density at radius 2 is 1.59 bits per heavy atom. The molecule has 0 saturated carbocycles. The number of aliphatic imine (C=N–C) groups is 1. The van der Waals surface area contributed by atoms with Crippen molar-refractivity contribution < 1.29 is 48.8 Å². The van der Waals surface area contributed by atoms with Crippen LogP contribution in [0.25, 0.3) is 0 Å². The van der Waals surface area contributed by atoms with Crippen molar-refractivity contribution in [3.05, 3.63) is 81.9 Å².